The van der Waals surface area contributed by atoms with Crippen molar-refractivity contribution in [3.8, 4) is 0 Å². The highest BCUT2D eigenvalue weighted by atomic mass is 16.5. The highest BCUT2D eigenvalue weighted by molar-refractivity contribution is 5.92. The van der Waals surface area contributed by atoms with E-state index in [2.05, 4.69) is 44.2 Å². The predicted octanol–water partition coefficient (Wildman–Crippen LogP) is 2.81. The van der Waals surface area contributed by atoms with Crippen molar-refractivity contribution in [1.82, 2.24) is 24.8 Å². The Bertz CT molecular complexity index is 933. The SMILES string of the molecule is CC(c1ccon1)N(C)C(=O)c1coc(CN2CCN(Cc3ccccc3)CC2)n1. The van der Waals surface area contributed by atoms with Crippen LogP contribution in [0.1, 0.15) is 40.6 Å². The van der Waals surface area contributed by atoms with Gasteiger partial charge in [0, 0.05) is 45.8 Å². The minimum Gasteiger partial charge on any atom is -0.447 e. The number of benzene rings is 1. The highest BCUT2D eigenvalue weighted by Gasteiger charge is 2.24. The van der Waals surface area contributed by atoms with Crippen LogP contribution in [0.3, 0.4) is 0 Å². The van der Waals surface area contributed by atoms with Crippen molar-refractivity contribution in [2.45, 2.75) is 26.1 Å². The van der Waals surface area contributed by atoms with Gasteiger partial charge >= 0.3 is 0 Å². The molecule has 1 fully saturated rings. The van der Waals surface area contributed by atoms with Gasteiger partial charge in [-0.2, -0.15) is 0 Å². The molecule has 1 unspecified atom stereocenters. The summed E-state index contributed by atoms with van der Waals surface area (Å²) in [5, 5.41) is 3.90. The molecule has 0 radical (unpaired) electrons. The van der Waals surface area contributed by atoms with Crippen LogP contribution >= 0.6 is 0 Å². The van der Waals surface area contributed by atoms with Crippen LogP contribution in [-0.4, -0.2) is 64.0 Å². The topological polar surface area (TPSA) is 78.9 Å². The standard InChI is InChI=1S/C22H27N5O3/c1-17(19-8-13-30-24-19)25(2)22(28)20-16-29-21(23-20)15-27-11-9-26(10-12-27)14-18-6-4-3-5-7-18/h3-8,13,16-17H,9-12,14-15H2,1-2H3. The van der Waals surface area contributed by atoms with Crippen LogP contribution in [0, 0.1) is 0 Å². The molecule has 1 amide bonds. The van der Waals surface area contributed by atoms with Gasteiger partial charge in [-0.1, -0.05) is 35.5 Å². The van der Waals surface area contributed by atoms with Crippen molar-refractivity contribution in [1.29, 1.82) is 0 Å². The Kier molecular flexibility index (Phi) is 6.25. The zero-order valence-corrected chi connectivity index (χ0v) is 17.4. The van der Waals surface area contributed by atoms with E-state index in [1.54, 1.807) is 18.0 Å². The van der Waals surface area contributed by atoms with Crippen LogP contribution in [0.5, 0.6) is 0 Å². The van der Waals surface area contributed by atoms with E-state index in [0.29, 0.717) is 23.8 Å². The summed E-state index contributed by atoms with van der Waals surface area (Å²) < 4.78 is 10.5. The van der Waals surface area contributed by atoms with Crippen LogP contribution < -0.4 is 0 Å². The molecule has 0 aliphatic carbocycles. The third-order valence-corrected chi connectivity index (χ3v) is 5.63. The summed E-state index contributed by atoms with van der Waals surface area (Å²) in [5.74, 6) is 0.366. The molecule has 3 aromatic rings. The van der Waals surface area contributed by atoms with Gasteiger partial charge in [0.05, 0.1) is 12.6 Å². The average Bonchev–Trinajstić information content (AvgIpc) is 3.47. The summed E-state index contributed by atoms with van der Waals surface area (Å²) in [6.07, 6.45) is 2.94. The lowest BCUT2D eigenvalue weighted by atomic mass is 10.2. The monoisotopic (exact) mass is 409 g/mol. The Morgan fingerprint density at radius 1 is 1.10 bits per heavy atom. The molecular formula is C22H27N5O3. The molecule has 30 heavy (non-hydrogen) atoms. The van der Waals surface area contributed by atoms with E-state index in [1.807, 2.05) is 13.0 Å². The fourth-order valence-corrected chi connectivity index (χ4v) is 3.61. The minimum atomic E-state index is -0.214. The first-order valence-electron chi connectivity index (χ1n) is 10.2. The number of rotatable bonds is 7. The van der Waals surface area contributed by atoms with Crippen molar-refractivity contribution >= 4 is 5.91 Å². The Morgan fingerprint density at radius 3 is 2.47 bits per heavy atom. The molecule has 1 atom stereocenters. The molecule has 0 saturated carbocycles. The molecule has 1 saturated heterocycles. The van der Waals surface area contributed by atoms with Gasteiger partial charge < -0.3 is 13.8 Å². The van der Waals surface area contributed by atoms with Gasteiger partial charge in [0.15, 0.2) is 5.69 Å². The molecule has 8 nitrogen and oxygen atoms in total. The first kappa shape index (κ1) is 20.3. The number of carbonyl (C=O) groups is 1. The van der Waals surface area contributed by atoms with Crippen LogP contribution in [0.25, 0.3) is 0 Å². The van der Waals surface area contributed by atoms with E-state index >= 15 is 0 Å². The highest BCUT2D eigenvalue weighted by Crippen LogP contribution is 2.19. The smallest absolute Gasteiger partial charge is 0.276 e. The second kappa shape index (κ2) is 9.23. The normalized spacial score (nSPS) is 16.5. The maximum Gasteiger partial charge on any atom is 0.276 e. The summed E-state index contributed by atoms with van der Waals surface area (Å²) in [6.45, 7) is 7.37. The molecule has 1 aliphatic rings. The van der Waals surface area contributed by atoms with Crippen molar-refractivity contribution in [3.63, 3.8) is 0 Å². The lowest BCUT2D eigenvalue weighted by molar-refractivity contribution is 0.0731. The third kappa shape index (κ3) is 4.77. The molecule has 4 rings (SSSR count). The van der Waals surface area contributed by atoms with E-state index in [1.165, 1.54) is 18.1 Å². The second-order valence-corrected chi connectivity index (χ2v) is 7.68. The fraction of sp³-hybridized carbons (Fsp3) is 0.409. The van der Waals surface area contributed by atoms with Crippen LogP contribution in [0.2, 0.25) is 0 Å². The number of amides is 1. The molecule has 1 aromatic carbocycles. The average molecular weight is 409 g/mol. The van der Waals surface area contributed by atoms with E-state index < -0.39 is 0 Å². The summed E-state index contributed by atoms with van der Waals surface area (Å²) in [4.78, 5) is 23.5. The van der Waals surface area contributed by atoms with E-state index in [9.17, 15) is 4.79 Å². The third-order valence-electron chi connectivity index (χ3n) is 5.63. The van der Waals surface area contributed by atoms with Crippen LogP contribution in [0.4, 0.5) is 0 Å². The number of piperazine rings is 1. The maximum absolute atomic E-state index is 12.7. The second-order valence-electron chi connectivity index (χ2n) is 7.68. The Balaban J connectivity index is 1.28. The molecule has 158 valence electrons. The summed E-state index contributed by atoms with van der Waals surface area (Å²) in [5.41, 5.74) is 2.35. The summed E-state index contributed by atoms with van der Waals surface area (Å²) in [7, 11) is 1.72. The van der Waals surface area contributed by atoms with E-state index in [0.717, 1.165) is 32.7 Å². The van der Waals surface area contributed by atoms with Crippen LogP contribution in [-0.2, 0) is 13.1 Å². The predicted molar refractivity (Wildman–Crippen MR) is 111 cm³/mol. The van der Waals surface area contributed by atoms with Gasteiger partial charge in [-0.3, -0.25) is 14.6 Å². The molecule has 0 N–H and O–H groups in total. The Hall–Kier alpha value is -2.97. The molecule has 0 spiro atoms. The van der Waals surface area contributed by atoms with Gasteiger partial charge in [0.25, 0.3) is 5.91 Å². The Labute approximate surface area is 176 Å². The lowest BCUT2D eigenvalue weighted by Crippen LogP contribution is -2.45. The number of hydrogen-bond acceptors (Lipinski definition) is 7. The molecule has 2 aromatic heterocycles. The Morgan fingerprint density at radius 2 is 1.80 bits per heavy atom. The van der Waals surface area contributed by atoms with E-state index in [4.69, 9.17) is 8.94 Å². The van der Waals surface area contributed by atoms with Gasteiger partial charge in [0.1, 0.15) is 18.2 Å². The van der Waals surface area contributed by atoms with Gasteiger partial charge in [-0.05, 0) is 12.5 Å². The first-order chi connectivity index (χ1) is 14.6. The molecule has 1 aliphatic heterocycles. The van der Waals surface area contributed by atoms with Crippen molar-refractivity contribution in [2.75, 3.05) is 33.2 Å². The van der Waals surface area contributed by atoms with Gasteiger partial charge in [-0.25, -0.2) is 4.98 Å². The van der Waals surface area contributed by atoms with Gasteiger partial charge in [-0.15, -0.1) is 0 Å². The number of nitrogens with zero attached hydrogens (tertiary/aromatic N) is 5. The van der Waals surface area contributed by atoms with E-state index in [-0.39, 0.29) is 11.9 Å². The lowest BCUT2D eigenvalue weighted by Gasteiger charge is -2.34. The molecule has 0 bridgehead atoms. The summed E-state index contributed by atoms with van der Waals surface area (Å²) in [6, 6.07) is 12.1. The van der Waals surface area contributed by atoms with Crippen LogP contribution in [0.15, 0.2) is 57.9 Å². The summed E-state index contributed by atoms with van der Waals surface area (Å²) >= 11 is 0. The molecule has 8 heteroatoms. The fourth-order valence-electron chi connectivity index (χ4n) is 3.61. The quantitative estimate of drug-likeness (QED) is 0.594. The molecule has 3 heterocycles. The zero-order chi connectivity index (χ0) is 20.9. The van der Waals surface area contributed by atoms with Crippen molar-refractivity contribution in [2.24, 2.45) is 0 Å². The van der Waals surface area contributed by atoms with Crippen molar-refractivity contribution < 1.29 is 13.7 Å². The number of oxazole rings is 1. The number of aromatic nitrogens is 2. The maximum atomic E-state index is 12.7. The first-order valence-corrected chi connectivity index (χ1v) is 10.2. The molecular weight excluding hydrogens is 382 g/mol. The minimum absolute atomic E-state index is 0.201. The number of carbonyl (C=O) groups excluding carboxylic acids is 1. The zero-order valence-electron chi connectivity index (χ0n) is 17.4. The largest absolute Gasteiger partial charge is 0.447 e. The van der Waals surface area contributed by atoms with Gasteiger partial charge in [0.2, 0.25) is 5.89 Å². The number of hydrogen-bond donors (Lipinski definition) is 0. The van der Waals surface area contributed by atoms with Crippen molar-refractivity contribution in [3.05, 3.63) is 71.8 Å².